The normalized spacial score (nSPS) is 32.8. The maximum atomic E-state index is 13.5. The van der Waals surface area contributed by atoms with Crippen LogP contribution >= 0.6 is 0 Å². The van der Waals surface area contributed by atoms with Gasteiger partial charge in [-0.3, -0.25) is 4.79 Å². The highest BCUT2D eigenvalue weighted by Gasteiger charge is 2.53. The van der Waals surface area contributed by atoms with E-state index in [0.717, 1.165) is 44.1 Å². The Balaban J connectivity index is 0.996. The van der Waals surface area contributed by atoms with Gasteiger partial charge < -0.3 is 0 Å². The van der Waals surface area contributed by atoms with Crippen LogP contribution in [0.3, 0.4) is 0 Å². The van der Waals surface area contributed by atoms with Gasteiger partial charge in [-0.05, 0) is 121 Å². The highest BCUT2D eigenvalue weighted by atomic mass is 16.1. The summed E-state index contributed by atoms with van der Waals surface area (Å²) in [5.41, 5.74) is 6.49. The average Bonchev–Trinajstić information content (AvgIpc) is 3.06. The second-order valence-electron chi connectivity index (χ2n) is 13.9. The summed E-state index contributed by atoms with van der Waals surface area (Å²) < 4.78 is 0. The Kier molecular flexibility index (Phi) is 5.47. The maximum absolute atomic E-state index is 13.5. The molecule has 202 valence electrons. The smallest absolute Gasteiger partial charge is 0.168 e. The Bertz CT molecular complexity index is 1520. The van der Waals surface area contributed by atoms with E-state index in [1.807, 2.05) is 30.3 Å². The second kappa shape index (κ2) is 8.90. The number of fused-ring (bicyclic) bond motifs is 7. The van der Waals surface area contributed by atoms with E-state index in [-0.39, 0.29) is 10.8 Å². The molecule has 0 aliphatic heterocycles. The van der Waals surface area contributed by atoms with Gasteiger partial charge in [0.1, 0.15) is 0 Å². The van der Waals surface area contributed by atoms with Crippen molar-refractivity contribution in [1.82, 2.24) is 0 Å². The van der Waals surface area contributed by atoms with Crippen molar-refractivity contribution in [2.75, 3.05) is 0 Å². The minimum Gasteiger partial charge on any atom is -0.294 e. The molecule has 6 aliphatic rings. The van der Waals surface area contributed by atoms with Crippen LogP contribution in [0, 0.1) is 5.41 Å². The highest BCUT2D eigenvalue weighted by molar-refractivity contribution is 6.00. The fourth-order valence-electron chi connectivity index (χ4n) is 9.74. The van der Waals surface area contributed by atoms with Gasteiger partial charge in [-0.15, -0.1) is 0 Å². The summed E-state index contributed by atoms with van der Waals surface area (Å²) in [4.78, 5) is 13.5. The van der Waals surface area contributed by atoms with E-state index < -0.39 is 0 Å². The molecule has 4 aromatic rings. The first-order chi connectivity index (χ1) is 19.6. The third-order valence-corrected chi connectivity index (χ3v) is 12.5. The first-order valence-corrected chi connectivity index (χ1v) is 15.8. The number of ketones is 1. The lowest BCUT2D eigenvalue weighted by Crippen LogP contribution is -2.48. The zero-order valence-electron chi connectivity index (χ0n) is 23.6. The molecular formula is C39H40O. The molecule has 4 aromatic carbocycles. The fraction of sp³-hybridized carbons (Fsp3) is 0.410. The second-order valence-corrected chi connectivity index (χ2v) is 13.9. The van der Waals surface area contributed by atoms with Crippen LogP contribution in [0.5, 0.6) is 0 Å². The highest BCUT2D eigenvalue weighted by Crippen LogP contribution is 2.61. The van der Waals surface area contributed by atoms with Crippen molar-refractivity contribution in [1.29, 1.82) is 0 Å². The predicted octanol–water partition coefficient (Wildman–Crippen LogP) is 9.86. The Morgan fingerprint density at radius 3 is 1.52 bits per heavy atom. The van der Waals surface area contributed by atoms with E-state index in [9.17, 15) is 4.79 Å². The first-order valence-electron chi connectivity index (χ1n) is 15.8. The molecule has 0 spiro atoms. The van der Waals surface area contributed by atoms with Crippen LogP contribution in [0.2, 0.25) is 0 Å². The molecule has 0 N–H and O–H groups in total. The number of carbonyl (C=O) groups excluding carboxylic acids is 1. The largest absolute Gasteiger partial charge is 0.294 e. The van der Waals surface area contributed by atoms with Gasteiger partial charge in [0.25, 0.3) is 0 Å². The molecule has 6 saturated carbocycles. The minimum atomic E-state index is -0.122. The Labute approximate surface area is 239 Å². The molecule has 1 nitrogen and oxygen atoms in total. The molecule has 0 heterocycles. The van der Waals surface area contributed by atoms with Crippen LogP contribution in [0.4, 0.5) is 0 Å². The Hall–Kier alpha value is -3.19. The zero-order chi connectivity index (χ0) is 26.8. The Morgan fingerprint density at radius 1 is 0.450 bits per heavy atom. The van der Waals surface area contributed by atoms with Crippen molar-refractivity contribution in [3.05, 3.63) is 119 Å². The molecule has 1 heteroatoms. The van der Waals surface area contributed by atoms with Crippen molar-refractivity contribution in [3.8, 4) is 0 Å². The van der Waals surface area contributed by atoms with Gasteiger partial charge in [-0.25, -0.2) is 0 Å². The van der Waals surface area contributed by atoms with Gasteiger partial charge in [-0.2, -0.15) is 0 Å². The van der Waals surface area contributed by atoms with Crippen LogP contribution in [0.15, 0.2) is 97.1 Å². The van der Waals surface area contributed by atoms with Gasteiger partial charge >= 0.3 is 0 Å². The molecule has 40 heavy (non-hydrogen) atoms. The summed E-state index contributed by atoms with van der Waals surface area (Å²) in [6.45, 7) is 0. The summed E-state index contributed by atoms with van der Waals surface area (Å²) in [5.74, 6) is 0.394. The van der Waals surface area contributed by atoms with E-state index in [0.29, 0.717) is 16.6 Å². The molecule has 6 aliphatic carbocycles. The van der Waals surface area contributed by atoms with Crippen molar-refractivity contribution < 1.29 is 4.79 Å². The third kappa shape index (κ3) is 3.55. The number of Topliss-reactive ketones (excluding diaryl/α,β-unsaturated/α-hetero) is 1. The topological polar surface area (TPSA) is 17.1 Å². The monoisotopic (exact) mass is 524 g/mol. The van der Waals surface area contributed by atoms with Gasteiger partial charge in [-0.1, -0.05) is 97.1 Å². The molecule has 10 rings (SSSR count). The average molecular weight is 525 g/mol. The zero-order valence-corrected chi connectivity index (χ0v) is 23.6. The third-order valence-electron chi connectivity index (χ3n) is 12.5. The molecule has 0 radical (unpaired) electrons. The quantitative estimate of drug-likeness (QED) is 0.237. The molecule has 0 saturated heterocycles. The van der Waals surface area contributed by atoms with Crippen LogP contribution < -0.4 is 0 Å². The van der Waals surface area contributed by atoms with Gasteiger partial charge in [0.2, 0.25) is 0 Å². The summed E-state index contributed by atoms with van der Waals surface area (Å²) in [6.07, 6.45) is 14.5. The van der Waals surface area contributed by atoms with Crippen molar-refractivity contribution >= 4 is 16.6 Å². The number of hydrogen-bond acceptors (Lipinski definition) is 1. The molecule has 0 aromatic heterocycles. The van der Waals surface area contributed by atoms with Crippen LogP contribution in [-0.4, -0.2) is 5.78 Å². The first kappa shape index (κ1) is 24.6. The summed E-state index contributed by atoms with van der Waals surface area (Å²) in [5, 5.41) is 2.86. The van der Waals surface area contributed by atoms with E-state index in [1.54, 1.807) is 11.1 Å². The van der Waals surface area contributed by atoms with Crippen molar-refractivity contribution in [2.24, 2.45) is 5.41 Å². The molecule has 4 bridgehead atoms. The van der Waals surface area contributed by atoms with E-state index in [2.05, 4.69) is 66.7 Å². The van der Waals surface area contributed by atoms with Crippen molar-refractivity contribution in [2.45, 2.75) is 93.3 Å². The number of rotatable bonds is 5. The molecule has 6 fully saturated rings. The van der Waals surface area contributed by atoms with Crippen LogP contribution in [-0.2, 0) is 16.2 Å². The summed E-state index contributed by atoms with van der Waals surface area (Å²) in [6, 6.07) is 36.0. The van der Waals surface area contributed by atoms with Gasteiger partial charge in [0.15, 0.2) is 5.78 Å². The Morgan fingerprint density at radius 2 is 0.925 bits per heavy atom. The predicted molar refractivity (Wildman–Crippen MR) is 164 cm³/mol. The van der Waals surface area contributed by atoms with Crippen molar-refractivity contribution in [3.63, 3.8) is 0 Å². The van der Waals surface area contributed by atoms with Crippen LogP contribution in [0.1, 0.15) is 104 Å². The standard InChI is InChI=1S/C39H40O/c40-35(30-8-2-1-3-9-30)39-26-20-37(21-27-39,22-28-39)32-15-13-31(14-16-32)36-17-23-38(24-18-36,25-19-36)34-12-6-10-29-7-4-5-11-33(29)34/h1-16H,17-28H2. The summed E-state index contributed by atoms with van der Waals surface area (Å²) >= 11 is 0. The SMILES string of the molecule is O=C(c1ccccc1)C12CCC(c3ccc(C45CCC(c6cccc7ccccc67)(CC4)CC5)cc3)(CC1)CC2. The van der Waals surface area contributed by atoms with E-state index in [4.69, 9.17) is 0 Å². The lowest BCUT2D eigenvalue weighted by molar-refractivity contribution is 0.0328. The fourth-order valence-corrected chi connectivity index (χ4v) is 9.74. The van der Waals surface area contributed by atoms with E-state index in [1.165, 1.54) is 54.9 Å². The lowest BCUT2D eigenvalue weighted by Gasteiger charge is -2.55. The molecule has 0 unspecified atom stereocenters. The molecule has 0 amide bonds. The summed E-state index contributed by atoms with van der Waals surface area (Å²) in [7, 11) is 0. The lowest BCUT2D eigenvalue weighted by atomic mass is 9.49. The molecular weight excluding hydrogens is 484 g/mol. The maximum Gasteiger partial charge on any atom is 0.168 e. The molecule has 0 atom stereocenters. The van der Waals surface area contributed by atoms with Gasteiger partial charge in [0, 0.05) is 11.0 Å². The van der Waals surface area contributed by atoms with E-state index >= 15 is 0 Å². The van der Waals surface area contributed by atoms with Gasteiger partial charge in [0.05, 0.1) is 0 Å². The van der Waals surface area contributed by atoms with Crippen LogP contribution in [0.25, 0.3) is 10.8 Å². The number of hydrogen-bond donors (Lipinski definition) is 0. The number of benzene rings is 4. The minimum absolute atomic E-state index is 0.122. The number of carbonyl (C=O) groups is 1.